The van der Waals surface area contributed by atoms with Crippen molar-refractivity contribution in [3.8, 4) is 11.5 Å². The predicted molar refractivity (Wildman–Crippen MR) is 141 cm³/mol. The van der Waals surface area contributed by atoms with Crippen molar-refractivity contribution in [2.75, 3.05) is 6.61 Å². The summed E-state index contributed by atoms with van der Waals surface area (Å²) in [7, 11) is -4.23. The highest BCUT2D eigenvalue weighted by Gasteiger charge is 2.36. The number of ether oxygens (including phenoxy) is 1. The van der Waals surface area contributed by atoms with Crippen LogP contribution in [0.1, 0.15) is 32.3 Å². The number of nitrogens with one attached hydrogen (secondary N) is 1. The van der Waals surface area contributed by atoms with Crippen molar-refractivity contribution < 1.29 is 28.1 Å². The van der Waals surface area contributed by atoms with Crippen LogP contribution >= 0.6 is 7.75 Å². The lowest BCUT2D eigenvalue weighted by atomic mass is 10.0. The summed E-state index contributed by atoms with van der Waals surface area (Å²) >= 11 is 0. The first-order valence-corrected chi connectivity index (χ1v) is 13.6. The minimum atomic E-state index is -4.23. The minimum Gasteiger partial charge on any atom is -0.464 e. The number of hydrogen-bond acceptors (Lipinski definition) is 7. The Bertz CT molecular complexity index is 1190. The lowest BCUT2D eigenvalue weighted by Gasteiger charge is -2.25. The fourth-order valence-electron chi connectivity index (χ4n) is 3.51. The maximum atomic E-state index is 14.0. The first-order valence-electron chi connectivity index (χ1n) is 12.1. The van der Waals surface area contributed by atoms with Crippen molar-refractivity contribution in [2.45, 2.75) is 39.2 Å². The van der Waals surface area contributed by atoms with E-state index in [4.69, 9.17) is 13.8 Å². The number of esters is 1. The van der Waals surface area contributed by atoms with Gasteiger partial charge in [-0.15, -0.1) is 0 Å². The number of carbonyl (C=O) groups is 1. The molecule has 0 saturated heterocycles. The number of nitro benzene ring substituents is 1. The number of benzene rings is 3. The van der Waals surface area contributed by atoms with Gasteiger partial charge in [0.05, 0.1) is 11.5 Å². The number of para-hydroxylation sites is 1. The van der Waals surface area contributed by atoms with Crippen LogP contribution in [0, 0.1) is 16.0 Å². The van der Waals surface area contributed by atoms with E-state index < -0.39 is 24.7 Å². The summed E-state index contributed by atoms with van der Waals surface area (Å²) in [6, 6.07) is 21.7. The number of nitro groups is 1. The van der Waals surface area contributed by atoms with Gasteiger partial charge in [-0.25, -0.2) is 4.57 Å². The summed E-state index contributed by atoms with van der Waals surface area (Å²) in [6.45, 7) is 4.30. The van der Waals surface area contributed by atoms with Gasteiger partial charge in [-0.3, -0.25) is 14.9 Å². The van der Waals surface area contributed by atoms with Crippen LogP contribution in [0.3, 0.4) is 0 Å². The molecule has 0 radical (unpaired) electrons. The quantitative estimate of drug-likeness (QED) is 0.112. The van der Waals surface area contributed by atoms with Crippen LogP contribution in [0.2, 0.25) is 0 Å². The van der Waals surface area contributed by atoms with E-state index in [1.54, 1.807) is 30.3 Å². The highest BCUT2D eigenvalue weighted by molar-refractivity contribution is 7.52. The second kappa shape index (κ2) is 13.6. The van der Waals surface area contributed by atoms with Crippen LogP contribution in [-0.2, 0) is 20.5 Å². The van der Waals surface area contributed by atoms with Crippen LogP contribution in [0.4, 0.5) is 5.69 Å². The monoisotopic (exact) mass is 526 g/mol. The molecule has 3 aromatic rings. The molecule has 0 aliphatic heterocycles. The van der Waals surface area contributed by atoms with E-state index >= 15 is 0 Å². The molecule has 0 aliphatic carbocycles. The Balaban J connectivity index is 1.89. The van der Waals surface area contributed by atoms with Gasteiger partial charge in [0, 0.05) is 12.1 Å². The lowest BCUT2D eigenvalue weighted by molar-refractivity contribution is -0.384. The van der Waals surface area contributed by atoms with Crippen molar-refractivity contribution in [1.29, 1.82) is 0 Å². The third kappa shape index (κ3) is 8.74. The average Bonchev–Trinajstić information content (AvgIpc) is 2.90. The van der Waals surface area contributed by atoms with Crippen LogP contribution in [-0.4, -0.2) is 23.5 Å². The topological polar surface area (TPSA) is 117 Å². The molecule has 196 valence electrons. The maximum Gasteiger partial charge on any atom is 0.513 e. The number of carbonyl (C=O) groups excluding carboxylic acids is 1. The van der Waals surface area contributed by atoms with Crippen LogP contribution in [0.5, 0.6) is 11.5 Å². The molecule has 2 unspecified atom stereocenters. The Morgan fingerprint density at radius 1 is 0.892 bits per heavy atom. The molecule has 0 spiro atoms. The molecule has 37 heavy (non-hydrogen) atoms. The molecule has 2 atom stereocenters. The van der Waals surface area contributed by atoms with E-state index in [1.807, 2.05) is 44.2 Å². The molecule has 0 amide bonds. The number of nitrogens with zero attached hydrogens (tertiary/aromatic N) is 1. The highest BCUT2D eigenvalue weighted by Crippen LogP contribution is 2.45. The maximum absolute atomic E-state index is 14.0. The molecule has 0 heterocycles. The van der Waals surface area contributed by atoms with E-state index in [9.17, 15) is 19.5 Å². The van der Waals surface area contributed by atoms with Crippen LogP contribution in [0.15, 0.2) is 84.9 Å². The van der Waals surface area contributed by atoms with Gasteiger partial charge in [0.1, 0.15) is 17.5 Å². The Kier molecular flexibility index (Phi) is 10.2. The molecule has 0 aliphatic rings. The summed E-state index contributed by atoms with van der Waals surface area (Å²) in [5, 5.41) is 13.8. The number of hydrogen-bond donors (Lipinski definition) is 1. The molecule has 10 heteroatoms. The average molecular weight is 527 g/mol. The smallest absolute Gasteiger partial charge is 0.464 e. The number of non-ortho nitro benzene ring substituents is 1. The van der Waals surface area contributed by atoms with E-state index in [0.717, 1.165) is 18.4 Å². The molecule has 3 aromatic carbocycles. The second-order valence-corrected chi connectivity index (χ2v) is 10.0. The van der Waals surface area contributed by atoms with Gasteiger partial charge in [0.25, 0.3) is 5.69 Å². The van der Waals surface area contributed by atoms with Gasteiger partial charge < -0.3 is 13.8 Å². The third-order valence-electron chi connectivity index (χ3n) is 5.74. The zero-order valence-electron chi connectivity index (χ0n) is 20.8. The van der Waals surface area contributed by atoms with Crippen molar-refractivity contribution in [2.24, 2.45) is 5.92 Å². The molecule has 0 bridgehead atoms. The summed E-state index contributed by atoms with van der Waals surface area (Å²) < 4.78 is 31.1. The van der Waals surface area contributed by atoms with Gasteiger partial charge in [0.2, 0.25) is 0 Å². The van der Waals surface area contributed by atoms with E-state index in [0.29, 0.717) is 0 Å². The van der Waals surface area contributed by atoms with Crippen LogP contribution < -0.4 is 14.1 Å². The van der Waals surface area contributed by atoms with Crippen molar-refractivity contribution >= 4 is 19.4 Å². The van der Waals surface area contributed by atoms with Crippen LogP contribution in [0.25, 0.3) is 0 Å². The molecule has 0 fully saturated rings. The van der Waals surface area contributed by atoms with Gasteiger partial charge >= 0.3 is 13.7 Å². The van der Waals surface area contributed by atoms with Crippen molar-refractivity contribution in [3.63, 3.8) is 0 Å². The fourth-order valence-corrected chi connectivity index (χ4v) is 5.03. The zero-order valence-corrected chi connectivity index (χ0v) is 21.7. The van der Waals surface area contributed by atoms with E-state index in [2.05, 4.69) is 5.09 Å². The zero-order chi connectivity index (χ0) is 26.7. The summed E-state index contributed by atoms with van der Waals surface area (Å²) in [6.07, 6.45) is 1.90. The normalized spacial score (nSPS) is 13.4. The Labute approximate surface area is 216 Å². The van der Waals surface area contributed by atoms with Crippen molar-refractivity contribution in [3.05, 3.63) is 101 Å². The summed E-state index contributed by atoms with van der Waals surface area (Å²) in [5.74, 6) is -0.0460. The molecular weight excluding hydrogens is 495 g/mol. The first kappa shape index (κ1) is 27.9. The fraction of sp³-hybridized carbons (Fsp3) is 0.296. The van der Waals surface area contributed by atoms with E-state index in [1.165, 1.54) is 24.3 Å². The highest BCUT2D eigenvalue weighted by atomic mass is 31.2. The predicted octanol–water partition coefficient (Wildman–Crippen LogP) is 6.34. The third-order valence-corrected chi connectivity index (χ3v) is 7.27. The summed E-state index contributed by atoms with van der Waals surface area (Å²) in [4.78, 5) is 23.7. The van der Waals surface area contributed by atoms with Gasteiger partial charge in [-0.05, 0) is 42.2 Å². The van der Waals surface area contributed by atoms with E-state index in [-0.39, 0.29) is 36.1 Å². The van der Waals surface area contributed by atoms with Gasteiger partial charge in [-0.1, -0.05) is 75.2 Å². The van der Waals surface area contributed by atoms with Gasteiger partial charge in [-0.2, -0.15) is 5.09 Å². The molecule has 0 saturated carbocycles. The lowest BCUT2D eigenvalue weighted by Crippen LogP contribution is -2.40. The SMILES string of the molecule is CCC(CC)COC(=O)C(Cc1ccccc1)NP(=O)(Oc1ccccc1)Oc1ccc([N+](=O)[O-])cc1. The largest absolute Gasteiger partial charge is 0.513 e. The number of rotatable bonds is 14. The molecular formula is C27H31N2O7P. The Morgan fingerprint density at radius 2 is 1.43 bits per heavy atom. The van der Waals surface area contributed by atoms with Crippen molar-refractivity contribution in [1.82, 2.24) is 5.09 Å². The summed E-state index contributed by atoms with van der Waals surface area (Å²) in [5.41, 5.74) is 0.673. The standard InChI is InChI=1S/C27H31N2O7P/c1-3-21(4-2)20-34-27(30)26(19-22-11-7-5-8-12-22)28-37(33,35-24-13-9-6-10-14-24)36-25-17-15-23(16-18-25)29(31)32/h5-18,21,26H,3-4,19-20H2,1-2H3,(H,28,33). The molecule has 1 N–H and O–H groups in total. The molecule has 3 rings (SSSR count). The minimum absolute atomic E-state index is 0.0706. The van der Waals surface area contributed by atoms with Gasteiger partial charge in [0.15, 0.2) is 0 Å². The Hall–Kier alpha value is -3.68. The second-order valence-electron chi connectivity index (χ2n) is 8.43. The molecule has 0 aromatic heterocycles. The Morgan fingerprint density at radius 3 is 1.97 bits per heavy atom. The molecule has 9 nitrogen and oxygen atoms in total. The first-order chi connectivity index (χ1) is 17.8.